The van der Waals surface area contributed by atoms with Gasteiger partial charge in [-0.15, -0.1) is 0 Å². The van der Waals surface area contributed by atoms with E-state index in [-0.39, 0.29) is 0 Å². The summed E-state index contributed by atoms with van der Waals surface area (Å²) in [7, 11) is 0. The van der Waals surface area contributed by atoms with Crippen molar-refractivity contribution < 1.29 is 0 Å². The van der Waals surface area contributed by atoms with Gasteiger partial charge in [-0.25, -0.2) is 4.98 Å². The van der Waals surface area contributed by atoms with Crippen molar-refractivity contribution in [2.24, 2.45) is 0 Å². The van der Waals surface area contributed by atoms with Crippen LogP contribution >= 0.6 is 0 Å². The van der Waals surface area contributed by atoms with Crippen molar-refractivity contribution in [1.29, 1.82) is 0 Å². The van der Waals surface area contributed by atoms with E-state index < -0.39 is 0 Å². The minimum Gasteiger partial charge on any atom is -0.328 e. The maximum absolute atomic E-state index is 4.84. The van der Waals surface area contributed by atoms with E-state index in [1.807, 2.05) is 6.20 Å². The average molecular weight is 391 g/mol. The Morgan fingerprint density at radius 3 is 2.93 bits per heavy atom. The first-order valence-electron chi connectivity index (χ1n) is 10.9. The fourth-order valence-electron chi connectivity index (χ4n) is 4.70. The third-order valence-electron chi connectivity index (χ3n) is 6.27. The Balaban J connectivity index is 1.25. The first-order chi connectivity index (χ1) is 14.4. The van der Waals surface area contributed by atoms with Gasteiger partial charge in [0, 0.05) is 45.1 Å². The van der Waals surface area contributed by atoms with Crippen LogP contribution in [0.5, 0.6) is 0 Å². The SMILES string of the molecule is c1ccc(C2CCCN(CCn3ccnc3-c3cc4n(n3)CCCNC4)C2)cc1. The van der Waals surface area contributed by atoms with Crippen molar-refractivity contribution in [2.45, 2.75) is 44.8 Å². The van der Waals surface area contributed by atoms with Gasteiger partial charge >= 0.3 is 0 Å². The van der Waals surface area contributed by atoms with E-state index >= 15 is 0 Å². The number of rotatable bonds is 5. The minimum absolute atomic E-state index is 0.656. The number of nitrogens with one attached hydrogen (secondary N) is 1. The van der Waals surface area contributed by atoms with Crippen LogP contribution in [0.3, 0.4) is 0 Å². The molecule has 29 heavy (non-hydrogen) atoms. The fraction of sp³-hybridized carbons (Fsp3) is 0.478. The number of nitrogens with zero attached hydrogens (tertiary/aromatic N) is 5. The highest BCUT2D eigenvalue weighted by Gasteiger charge is 2.21. The van der Waals surface area contributed by atoms with Crippen LogP contribution in [0.4, 0.5) is 0 Å². The molecule has 0 aliphatic carbocycles. The first kappa shape index (κ1) is 18.6. The maximum Gasteiger partial charge on any atom is 0.160 e. The summed E-state index contributed by atoms with van der Waals surface area (Å²) < 4.78 is 4.41. The van der Waals surface area contributed by atoms with Crippen LogP contribution in [0.1, 0.15) is 36.4 Å². The topological polar surface area (TPSA) is 50.9 Å². The maximum atomic E-state index is 4.84. The van der Waals surface area contributed by atoms with Crippen LogP contribution in [0.2, 0.25) is 0 Å². The number of benzene rings is 1. The summed E-state index contributed by atoms with van der Waals surface area (Å²) in [5.41, 5.74) is 3.73. The number of aromatic nitrogens is 4. The smallest absolute Gasteiger partial charge is 0.160 e. The molecule has 1 fully saturated rings. The molecule has 2 aliphatic rings. The molecule has 0 saturated carbocycles. The second-order valence-electron chi connectivity index (χ2n) is 8.27. The normalized spacial score (nSPS) is 20.3. The molecule has 4 heterocycles. The van der Waals surface area contributed by atoms with E-state index in [1.165, 1.54) is 30.6 Å². The summed E-state index contributed by atoms with van der Waals surface area (Å²) in [4.78, 5) is 7.24. The second kappa shape index (κ2) is 8.51. The number of likely N-dealkylation sites (tertiary alicyclic amines) is 1. The summed E-state index contributed by atoms with van der Waals surface area (Å²) in [6.07, 6.45) is 7.69. The Labute approximate surface area is 172 Å². The number of hydrogen-bond donors (Lipinski definition) is 1. The number of fused-ring (bicyclic) bond motifs is 1. The fourth-order valence-corrected chi connectivity index (χ4v) is 4.70. The highest BCUT2D eigenvalue weighted by molar-refractivity contribution is 5.50. The molecule has 1 aromatic carbocycles. The van der Waals surface area contributed by atoms with E-state index in [0.29, 0.717) is 5.92 Å². The van der Waals surface area contributed by atoms with Crippen LogP contribution in [0.25, 0.3) is 11.5 Å². The number of hydrogen-bond acceptors (Lipinski definition) is 4. The van der Waals surface area contributed by atoms with Crippen LogP contribution in [-0.4, -0.2) is 50.4 Å². The zero-order chi connectivity index (χ0) is 19.5. The average Bonchev–Trinajstić information content (AvgIpc) is 3.34. The lowest BCUT2D eigenvalue weighted by atomic mass is 9.91. The third-order valence-corrected chi connectivity index (χ3v) is 6.27. The van der Waals surface area contributed by atoms with E-state index in [1.54, 1.807) is 0 Å². The van der Waals surface area contributed by atoms with Gasteiger partial charge in [0.15, 0.2) is 5.82 Å². The molecule has 1 atom stereocenters. The highest BCUT2D eigenvalue weighted by Crippen LogP contribution is 2.27. The largest absolute Gasteiger partial charge is 0.328 e. The van der Waals surface area contributed by atoms with E-state index in [4.69, 9.17) is 5.10 Å². The minimum atomic E-state index is 0.656. The molecule has 0 radical (unpaired) electrons. The van der Waals surface area contributed by atoms with Gasteiger partial charge in [0.25, 0.3) is 0 Å². The summed E-state index contributed by atoms with van der Waals surface area (Å²) in [6, 6.07) is 13.2. The molecule has 1 unspecified atom stereocenters. The number of piperidine rings is 1. The Hall–Kier alpha value is -2.44. The molecular formula is C23H30N6. The van der Waals surface area contributed by atoms with Gasteiger partial charge in [0.1, 0.15) is 5.69 Å². The Bertz CT molecular complexity index is 905. The van der Waals surface area contributed by atoms with Gasteiger partial charge in [-0.1, -0.05) is 30.3 Å². The summed E-state index contributed by atoms with van der Waals surface area (Å²) in [5.74, 6) is 1.64. The second-order valence-corrected chi connectivity index (χ2v) is 8.27. The van der Waals surface area contributed by atoms with Crippen molar-refractivity contribution in [3.63, 3.8) is 0 Å². The Kier molecular flexibility index (Phi) is 5.45. The predicted octanol–water partition coefficient (Wildman–Crippen LogP) is 3.12. The van der Waals surface area contributed by atoms with Crippen LogP contribution in [0.15, 0.2) is 48.8 Å². The van der Waals surface area contributed by atoms with Gasteiger partial charge in [-0.05, 0) is 49.9 Å². The quantitative estimate of drug-likeness (QED) is 0.727. The lowest BCUT2D eigenvalue weighted by Gasteiger charge is -2.33. The first-order valence-corrected chi connectivity index (χ1v) is 10.9. The van der Waals surface area contributed by atoms with Gasteiger partial charge in [0.2, 0.25) is 0 Å². The molecule has 2 aromatic heterocycles. The van der Waals surface area contributed by atoms with Gasteiger partial charge < -0.3 is 14.8 Å². The zero-order valence-corrected chi connectivity index (χ0v) is 17.0. The van der Waals surface area contributed by atoms with Gasteiger partial charge in [-0.3, -0.25) is 4.68 Å². The summed E-state index contributed by atoms with van der Waals surface area (Å²) in [5, 5.41) is 8.31. The van der Waals surface area contributed by atoms with Crippen LogP contribution < -0.4 is 5.32 Å². The summed E-state index contributed by atoms with van der Waals surface area (Å²) in [6.45, 7) is 7.29. The zero-order valence-electron chi connectivity index (χ0n) is 17.0. The van der Waals surface area contributed by atoms with Crippen molar-refractivity contribution in [3.8, 4) is 11.5 Å². The van der Waals surface area contributed by atoms with E-state index in [9.17, 15) is 0 Å². The molecular weight excluding hydrogens is 360 g/mol. The van der Waals surface area contributed by atoms with E-state index in [0.717, 1.165) is 57.2 Å². The molecule has 1 saturated heterocycles. The molecule has 5 rings (SSSR count). The summed E-state index contributed by atoms with van der Waals surface area (Å²) >= 11 is 0. The van der Waals surface area contributed by atoms with Crippen molar-refractivity contribution in [3.05, 3.63) is 60.0 Å². The lowest BCUT2D eigenvalue weighted by Crippen LogP contribution is -2.36. The van der Waals surface area contributed by atoms with Crippen LogP contribution in [-0.2, 0) is 19.6 Å². The van der Waals surface area contributed by atoms with E-state index in [2.05, 4.69) is 67.0 Å². The molecule has 6 nitrogen and oxygen atoms in total. The molecule has 1 N–H and O–H groups in total. The van der Waals surface area contributed by atoms with Crippen molar-refractivity contribution in [2.75, 3.05) is 26.2 Å². The standard InChI is InChI=1S/C23H30N6/c1-2-6-19(7-3-1)20-8-4-11-27(18-20)14-15-28-13-10-25-23(28)22-16-21-17-24-9-5-12-29(21)26-22/h1-3,6-7,10,13,16,20,24H,4-5,8-9,11-12,14-15,17-18H2. The molecule has 0 amide bonds. The Morgan fingerprint density at radius 1 is 1.07 bits per heavy atom. The third kappa shape index (κ3) is 4.14. The molecule has 0 spiro atoms. The molecule has 0 bridgehead atoms. The molecule has 2 aliphatic heterocycles. The monoisotopic (exact) mass is 390 g/mol. The van der Waals surface area contributed by atoms with Crippen molar-refractivity contribution in [1.82, 2.24) is 29.5 Å². The van der Waals surface area contributed by atoms with Gasteiger partial charge in [0.05, 0.1) is 5.69 Å². The predicted molar refractivity (Wildman–Crippen MR) is 115 cm³/mol. The lowest BCUT2D eigenvalue weighted by molar-refractivity contribution is 0.201. The molecule has 3 aromatic rings. The highest BCUT2D eigenvalue weighted by atomic mass is 15.3. The molecule has 152 valence electrons. The number of imidazole rings is 1. The van der Waals surface area contributed by atoms with Crippen LogP contribution in [0, 0.1) is 0 Å². The van der Waals surface area contributed by atoms with Crippen molar-refractivity contribution >= 4 is 0 Å². The Morgan fingerprint density at radius 2 is 2.00 bits per heavy atom. The molecule has 6 heteroatoms. The number of aryl methyl sites for hydroxylation is 1. The van der Waals surface area contributed by atoms with Gasteiger partial charge in [-0.2, -0.15) is 5.10 Å².